The molecule has 1 N–H and O–H groups in total. The number of furan rings is 1. The highest BCUT2D eigenvalue weighted by molar-refractivity contribution is 7.92. The maximum Gasteiger partial charge on any atom is 0.340 e. The molecule has 11 heteroatoms. The number of para-hydroxylation sites is 1. The third-order valence-corrected chi connectivity index (χ3v) is 6.82. The minimum atomic E-state index is -4.27. The summed E-state index contributed by atoms with van der Waals surface area (Å²) in [4.78, 5) is 24.5. The van der Waals surface area contributed by atoms with Gasteiger partial charge >= 0.3 is 5.97 Å². The summed E-state index contributed by atoms with van der Waals surface area (Å²) < 4.78 is 51.3. The molecule has 7 nitrogen and oxygen atoms in total. The Balaban J connectivity index is 1.53. The molecule has 0 aliphatic carbocycles. The van der Waals surface area contributed by atoms with Crippen molar-refractivity contribution in [2.45, 2.75) is 4.90 Å². The number of nitrogens with one attached hydrogen (secondary N) is 1. The first-order chi connectivity index (χ1) is 16.1. The number of rotatable bonds is 7. The second-order valence-corrected chi connectivity index (χ2v) is 9.49. The number of hydrogen-bond acceptors (Lipinski definition) is 6. The number of anilines is 1. The number of carbonyl (C=O) groups is 2. The molecule has 0 radical (unpaired) electrons. The van der Waals surface area contributed by atoms with Gasteiger partial charge in [-0.25, -0.2) is 17.6 Å². The molecule has 0 amide bonds. The molecule has 0 saturated carbocycles. The van der Waals surface area contributed by atoms with Gasteiger partial charge in [-0.2, -0.15) is 0 Å². The van der Waals surface area contributed by atoms with Crippen LogP contribution in [0.25, 0.3) is 11.0 Å². The van der Waals surface area contributed by atoms with Crippen molar-refractivity contribution in [1.82, 2.24) is 0 Å². The highest BCUT2D eigenvalue weighted by Gasteiger charge is 2.24. The summed E-state index contributed by atoms with van der Waals surface area (Å²) in [6, 6.07) is 15.1. The van der Waals surface area contributed by atoms with E-state index in [1.165, 1.54) is 18.2 Å². The summed E-state index contributed by atoms with van der Waals surface area (Å²) in [5.41, 5.74) is 0.261. The standard InChI is InChI=1S/C23H14Cl2FNO6S/c24-17-11-18(25)22(34(30,31)27-15-7-5-14(26)6-8-15)10-16(17)23(29)32-12-19(28)21-9-13-3-1-2-4-20(13)33-21/h1-11,27H,12H2. The minimum absolute atomic E-state index is 0.00275. The first-order valence-electron chi connectivity index (χ1n) is 9.60. The summed E-state index contributed by atoms with van der Waals surface area (Å²) in [6.45, 7) is -0.659. The third-order valence-electron chi connectivity index (χ3n) is 4.66. The molecule has 0 bridgehead atoms. The van der Waals surface area contributed by atoms with E-state index in [9.17, 15) is 22.4 Å². The van der Waals surface area contributed by atoms with E-state index in [-0.39, 0.29) is 27.1 Å². The van der Waals surface area contributed by atoms with Crippen molar-refractivity contribution in [2.24, 2.45) is 0 Å². The molecule has 34 heavy (non-hydrogen) atoms. The topological polar surface area (TPSA) is 103 Å². The fourth-order valence-electron chi connectivity index (χ4n) is 3.02. The molecule has 174 valence electrons. The van der Waals surface area contributed by atoms with E-state index < -0.39 is 39.1 Å². The van der Waals surface area contributed by atoms with E-state index in [4.69, 9.17) is 32.4 Å². The average molecular weight is 522 g/mol. The molecular weight excluding hydrogens is 508 g/mol. The van der Waals surface area contributed by atoms with Crippen molar-refractivity contribution in [3.8, 4) is 0 Å². The van der Waals surface area contributed by atoms with Crippen LogP contribution in [-0.2, 0) is 14.8 Å². The molecular formula is C23H14Cl2FNO6S. The second kappa shape index (κ2) is 9.46. The van der Waals surface area contributed by atoms with Gasteiger partial charge in [0.25, 0.3) is 10.0 Å². The zero-order valence-electron chi connectivity index (χ0n) is 17.0. The van der Waals surface area contributed by atoms with Crippen LogP contribution in [0.15, 0.2) is 76.0 Å². The Kier molecular flexibility index (Phi) is 6.60. The number of Topliss-reactive ketones (excluding diaryl/α,β-unsaturated/α-hetero) is 1. The first kappa shape index (κ1) is 23.7. The van der Waals surface area contributed by atoms with Crippen molar-refractivity contribution in [2.75, 3.05) is 11.3 Å². The van der Waals surface area contributed by atoms with E-state index in [0.717, 1.165) is 24.3 Å². The predicted octanol–water partition coefficient (Wildman–Crippen LogP) is 5.72. The maximum atomic E-state index is 13.1. The maximum absolute atomic E-state index is 13.1. The molecule has 0 aliphatic rings. The minimum Gasteiger partial charge on any atom is -0.454 e. The summed E-state index contributed by atoms with van der Waals surface area (Å²) in [5, 5.41) is 0.280. The molecule has 0 atom stereocenters. The molecule has 4 aromatic rings. The van der Waals surface area contributed by atoms with Gasteiger partial charge in [-0.05, 0) is 48.5 Å². The number of benzene rings is 3. The Labute approximate surface area is 203 Å². The number of hydrogen-bond donors (Lipinski definition) is 1. The molecule has 0 fully saturated rings. The van der Waals surface area contributed by atoms with Crippen molar-refractivity contribution < 1.29 is 31.6 Å². The van der Waals surface area contributed by atoms with Crippen LogP contribution in [0.2, 0.25) is 10.0 Å². The third kappa shape index (κ3) is 5.06. The van der Waals surface area contributed by atoms with Crippen molar-refractivity contribution >= 4 is 61.6 Å². The molecule has 4 rings (SSSR count). The van der Waals surface area contributed by atoms with E-state index in [1.54, 1.807) is 24.3 Å². The second-order valence-electron chi connectivity index (χ2n) is 7.02. The molecule has 3 aromatic carbocycles. The van der Waals surface area contributed by atoms with Crippen LogP contribution in [-0.4, -0.2) is 26.8 Å². The van der Waals surface area contributed by atoms with Gasteiger partial charge in [0.05, 0.1) is 15.6 Å². The number of sulfonamides is 1. The van der Waals surface area contributed by atoms with E-state index >= 15 is 0 Å². The Hall–Kier alpha value is -3.40. The van der Waals surface area contributed by atoms with Gasteiger partial charge in [0, 0.05) is 11.1 Å². The van der Waals surface area contributed by atoms with Gasteiger partial charge in [-0.15, -0.1) is 0 Å². The van der Waals surface area contributed by atoms with Gasteiger partial charge in [-0.1, -0.05) is 41.4 Å². The summed E-state index contributed by atoms with van der Waals surface area (Å²) in [7, 11) is -4.27. The van der Waals surface area contributed by atoms with Gasteiger partial charge in [0.15, 0.2) is 12.4 Å². The fraction of sp³-hybridized carbons (Fsp3) is 0.0435. The van der Waals surface area contributed by atoms with Crippen molar-refractivity contribution in [1.29, 1.82) is 0 Å². The van der Waals surface area contributed by atoms with E-state index in [2.05, 4.69) is 4.72 Å². The monoisotopic (exact) mass is 521 g/mol. The van der Waals surface area contributed by atoms with Crippen LogP contribution in [0.4, 0.5) is 10.1 Å². The highest BCUT2D eigenvalue weighted by atomic mass is 35.5. The molecule has 0 unspecified atom stereocenters. The van der Waals surface area contributed by atoms with Crippen LogP contribution < -0.4 is 4.72 Å². The number of fused-ring (bicyclic) bond motifs is 1. The molecule has 0 spiro atoms. The Morgan fingerprint density at radius 3 is 2.38 bits per heavy atom. The summed E-state index contributed by atoms with van der Waals surface area (Å²) in [6.07, 6.45) is 0. The Morgan fingerprint density at radius 2 is 1.68 bits per heavy atom. The number of esters is 1. The highest BCUT2D eigenvalue weighted by Crippen LogP contribution is 2.30. The lowest BCUT2D eigenvalue weighted by Gasteiger charge is -2.12. The van der Waals surface area contributed by atoms with E-state index in [1.807, 2.05) is 0 Å². The first-order valence-corrected chi connectivity index (χ1v) is 11.8. The molecule has 0 aliphatic heterocycles. The number of ether oxygens (including phenoxy) is 1. The molecule has 1 aromatic heterocycles. The number of ketones is 1. The Morgan fingerprint density at radius 1 is 0.971 bits per heavy atom. The smallest absolute Gasteiger partial charge is 0.340 e. The van der Waals surface area contributed by atoms with Crippen LogP contribution in [0.1, 0.15) is 20.9 Å². The number of carbonyl (C=O) groups excluding carboxylic acids is 2. The predicted molar refractivity (Wildman–Crippen MR) is 124 cm³/mol. The molecule has 1 heterocycles. The normalized spacial score (nSPS) is 11.4. The van der Waals surface area contributed by atoms with Crippen LogP contribution in [0.5, 0.6) is 0 Å². The van der Waals surface area contributed by atoms with Gasteiger partial charge < -0.3 is 9.15 Å². The van der Waals surface area contributed by atoms with Gasteiger partial charge in [0.1, 0.15) is 16.3 Å². The van der Waals surface area contributed by atoms with Crippen LogP contribution >= 0.6 is 23.2 Å². The van der Waals surface area contributed by atoms with Crippen LogP contribution in [0.3, 0.4) is 0 Å². The lowest BCUT2D eigenvalue weighted by Crippen LogP contribution is -2.17. The zero-order chi connectivity index (χ0) is 24.5. The SMILES string of the molecule is O=C(COC(=O)c1cc(S(=O)(=O)Nc2ccc(F)cc2)c(Cl)cc1Cl)c1cc2ccccc2o1. The number of halogens is 3. The lowest BCUT2D eigenvalue weighted by atomic mass is 10.2. The summed E-state index contributed by atoms with van der Waals surface area (Å²) >= 11 is 12.1. The lowest BCUT2D eigenvalue weighted by molar-refractivity contribution is 0.0468. The van der Waals surface area contributed by atoms with Crippen LogP contribution in [0, 0.1) is 5.82 Å². The van der Waals surface area contributed by atoms with Crippen molar-refractivity contribution in [3.63, 3.8) is 0 Å². The fourth-order valence-corrected chi connectivity index (χ4v) is 4.93. The zero-order valence-corrected chi connectivity index (χ0v) is 19.4. The molecule has 0 saturated heterocycles. The van der Waals surface area contributed by atoms with Gasteiger partial charge in [-0.3, -0.25) is 9.52 Å². The quantitative estimate of drug-likeness (QED) is 0.246. The van der Waals surface area contributed by atoms with Gasteiger partial charge in [0.2, 0.25) is 5.78 Å². The Bertz CT molecular complexity index is 1480. The van der Waals surface area contributed by atoms with E-state index in [0.29, 0.717) is 11.0 Å². The van der Waals surface area contributed by atoms with Crippen molar-refractivity contribution in [3.05, 3.63) is 93.9 Å². The largest absolute Gasteiger partial charge is 0.454 e. The summed E-state index contributed by atoms with van der Waals surface area (Å²) in [5.74, 6) is -2.18. The average Bonchev–Trinajstić information content (AvgIpc) is 3.23.